The van der Waals surface area contributed by atoms with Crippen molar-refractivity contribution in [3.63, 3.8) is 0 Å². The average Bonchev–Trinajstić information content (AvgIpc) is 2.82. The molecule has 118 valence electrons. The van der Waals surface area contributed by atoms with Crippen LogP contribution in [0.1, 0.15) is 6.92 Å². The Morgan fingerprint density at radius 2 is 2.05 bits per heavy atom. The Kier molecular flexibility index (Phi) is 5.16. The summed E-state index contributed by atoms with van der Waals surface area (Å²) in [6.45, 7) is 2.23. The van der Waals surface area contributed by atoms with E-state index in [-0.39, 0.29) is 25.8 Å². The Morgan fingerprint density at radius 1 is 1.32 bits per heavy atom. The number of H-pyrrole nitrogens is 1. The molecule has 0 atom stereocenters. The largest absolute Gasteiger partial charge is 0.508 e. The second-order valence-electron chi connectivity index (χ2n) is 4.52. The molecular formula is C14H17N3O4S. The van der Waals surface area contributed by atoms with E-state index in [0.29, 0.717) is 10.3 Å². The van der Waals surface area contributed by atoms with Crippen LogP contribution in [-0.4, -0.2) is 53.4 Å². The zero-order valence-electron chi connectivity index (χ0n) is 12.4. The molecule has 0 radical (unpaired) electrons. The predicted octanol–water partition coefficient (Wildman–Crippen LogP) is 2.77. The van der Waals surface area contributed by atoms with E-state index in [4.69, 9.17) is 17.0 Å². The number of aromatic amines is 1. The molecule has 22 heavy (non-hydrogen) atoms. The molecule has 1 aromatic carbocycles. The first-order chi connectivity index (χ1) is 10.5. The van der Waals surface area contributed by atoms with Crippen LogP contribution < -0.4 is 0 Å². The van der Waals surface area contributed by atoms with Crippen LogP contribution in [0.4, 0.5) is 9.59 Å². The van der Waals surface area contributed by atoms with Crippen LogP contribution in [0.3, 0.4) is 0 Å². The zero-order valence-corrected chi connectivity index (χ0v) is 13.2. The summed E-state index contributed by atoms with van der Waals surface area (Å²) in [6, 6.07) is 7.05. The van der Waals surface area contributed by atoms with E-state index >= 15 is 0 Å². The van der Waals surface area contributed by atoms with E-state index < -0.39 is 6.16 Å². The quantitative estimate of drug-likeness (QED) is 0.691. The van der Waals surface area contributed by atoms with E-state index in [1.54, 1.807) is 14.0 Å². The Balaban J connectivity index is 2.05. The third kappa shape index (κ3) is 3.45. The van der Waals surface area contributed by atoms with Crippen molar-refractivity contribution >= 4 is 35.4 Å². The lowest BCUT2D eigenvalue weighted by molar-refractivity contribution is 0.0551. The van der Waals surface area contributed by atoms with Crippen LogP contribution in [0.2, 0.25) is 0 Å². The summed E-state index contributed by atoms with van der Waals surface area (Å²) < 4.78 is 11.2. The maximum absolute atomic E-state index is 12.5. The first kappa shape index (κ1) is 16.0. The molecule has 0 aliphatic heterocycles. The van der Waals surface area contributed by atoms with Gasteiger partial charge in [-0.2, -0.15) is 0 Å². The number of carbonyl (C=O) groups is 2. The molecule has 0 fully saturated rings. The Hall–Kier alpha value is -2.35. The van der Waals surface area contributed by atoms with Crippen molar-refractivity contribution in [2.24, 2.45) is 0 Å². The maximum Gasteiger partial charge on any atom is 0.508 e. The molecule has 1 amide bonds. The fourth-order valence-electron chi connectivity index (χ4n) is 1.94. The summed E-state index contributed by atoms with van der Waals surface area (Å²) >= 11 is 5.19. The van der Waals surface area contributed by atoms with Gasteiger partial charge in [0.15, 0.2) is 4.77 Å². The highest BCUT2D eigenvalue weighted by Crippen LogP contribution is 2.14. The van der Waals surface area contributed by atoms with Gasteiger partial charge in [0, 0.05) is 7.05 Å². The molecule has 7 nitrogen and oxygen atoms in total. The first-order valence-electron chi connectivity index (χ1n) is 6.79. The number of rotatable bonds is 4. The molecule has 2 rings (SSSR count). The van der Waals surface area contributed by atoms with Crippen molar-refractivity contribution in [2.75, 3.05) is 26.8 Å². The number of imidazole rings is 1. The zero-order chi connectivity index (χ0) is 16.1. The summed E-state index contributed by atoms with van der Waals surface area (Å²) in [6.07, 6.45) is -0.743. The van der Waals surface area contributed by atoms with Crippen molar-refractivity contribution < 1.29 is 19.1 Å². The minimum atomic E-state index is -0.743. The summed E-state index contributed by atoms with van der Waals surface area (Å²) in [5.41, 5.74) is 1.49. The lowest BCUT2D eigenvalue weighted by Gasteiger charge is -2.17. The summed E-state index contributed by atoms with van der Waals surface area (Å²) in [7, 11) is 1.61. The minimum absolute atomic E-state index is 0.0523. The third-order valence-corrected chi connectivity index (χ3v) is 3.30. The third-order valence-electron chi connectivity index (χ3n) is 3.02. The number of fused-ring (bicyclic) bond motifs is 1. The van der Waals surface area contributed by atoms with E-state index in [1.165, 1.54) is 9.47 Å². The van der Waals surface area contributed by atoms with Gasteiger partial charge in [-0.25, -0.2) is 14.2 Å². The van der Waals surface area contributed by atoms with Crippen molar-refractivity contribution in [3.05, 3.63) is 29.0 Å². The Morgan fingerprint density at radius 3 is 2.77 bits per heavy atom. The number of nitrogens with zero attached hydrogens (tertiary/aromatic N) is 2. The molecule has 0 spiro atoms. The molecular weight excluding hydrogens is 306 g/mol. The standard InChI is InChI=1S/C14H17N3O4S/c1-3-20-14(19)21-9-8-16(2)13(18)17-11-7-5-4-6-10(11)15-12(17)22/h4-7H,3,8-9H2,1-2H3,(H,15,22). The highest BCUT2D eigenvalue weighted by molar-refractivity contribution is 7.71. The number of hydrogen-bond donors (Lipinski definition) is 1. The van der Waals surface area contributed by atoms with E-state index in [9.17, 15) is 9.59 Å². The van der Waals surface area contributed by atoms with Crippen molar-refractivity contribution in [1.29, 1.82) is 0 Å². The van der Waals surface area contributed by atoms with Gasteiger partial charge in [-0.1, -0.05) is 12.1 Å². The predicted molar refractivity (Wildman–Crippen MR) is 83.5 cm³/mol. The Labute approximate surface area is 132 Å². The smallest absolute Gasteiger partial charge is 0.435 e. The van der Waals surface area contributed by atoms with Gasteiger partial charge in [0.05, 0.1) is 24.2 Å². The van der Waals surface area contributed by atoms with E-state index in [1.807, 2.05) is 24.3 Å². The number of amides is 1. The molecule has 1 heterocycles. The van der Waals surface area contributed by atoms with Crippen molar-refractivity contribution in [2.45, 2.75) is 6.92 Å². The topological polar surface area (TPSA) is 76.6 Å². The first-order valence-corrected chi connectivity index (χ1v) is 7.20. The van der Waals surface area contributed by atoms with E-state index in [0.717, 1.165) is 5.52 Å². The lowest BCUT2D eigenvalue weighted by atomic mass is 10.3. The summed E-state index contributed by atoms with van der Waals surface area (Å²) in [4.78, 5) is 28.0. The number of para-hydroxylation sites is 2. The molecule has 2 aromatic rings. The van der Waals surface area contributed by atoms with Crippen molar-refractivity contribution in [1.82, 2.24) is 14.5 Å². The SMILES string of the molecule is CCOC(=O)OCCN(C)C(=O)n1c(=S)[nH]c2ccccc21. The lowest BCUT2D eigenvalue weighted by Crippen LogP contribution is -2.34. The maximum atomic E-state index is 12.5. The molecule has 0 aliphatic carbocycles. The van der Waals surface area contributed by atoms with Crippen LogP contribution in [0.15, 0.2) is 24.3 Å². The molecule has 0 saturated heterocycles. The molecule has 0 unspecified atom stereocenters. The molecule has 8 heteroatoms. The van der Waals surface area contributed by atoms with Crippen molar-refractivity contribution in [3.8, 4) is 0 Å². The molecule has 0 aliphatic rings. The molecule has 1 N–H and O–H groups in total. The summed E-state index contributed by atoms with van der Waals surface area (Å²) in [5, 5.41) is 0. The van der Waals surface area contributed by atoms with Crippen LogP contribution in [0.5, 0.6) is 0 Å². The second-order valence-corrected chi connectivity index (χ2v) is 4.91. The van der Waals surface area contributed by atoms with Gasteiger partial charge in [0.1, 0.15) is 6.61 Å². The van der Waals surface area contributed by atoms with E-state index in [2.05, 4.69) is 9.72 Å². The number of nitrogens with one attached hydrogen (secondary N) is 1. The van der Waals surface area contributed by atoms with Gasteiger partial charge in [-0.3, -0.25) is 0 Å². The fraction of sp³-hybridized carbons (Fsp3) is 0.357. The van der Waals surface area contributed by atoms with Gasteiger partial charge >= 0.3 is 12.2 Å². The number of carbonyl (C=O) groups excluding carboxylic acids is 2. The highest BCUT2D eigenvalue weighted by atomic mass is 32.1. The number of ether oxygens (including phenoxy) is 2. The molecule has 0 saturated carbocycles. The van der Waals surface area contributed by atoms with Gasteiger partial charge in [0.25, 0.3) is 0 Å². The normalized spacial score (nSPS) is 10.5. The second kappa shape index (κ2) is 7.08. The fourth-order valence-corrected chi connectivity index (χ4v) is 2.22. The van der Waals surface area contributed by atoms with Crippen LogP contribution in [0.25, 0.3) is 11.0 Å². The Bertz CT molecular complexity index is 737. The highest BCUT2D eigenvalue weighted by Gasteiger charge is 2.16. The van der Waals surface area contributed by atoms with Gasteiger partial charge in [-0.15, -0.1) is 0 Å². The minimum Gasteiger partial charge on any atom is -0.435 e. The molecule has 1 aromatic heterocycles. The molecule has 0 bridgehead atoms. The monoisotopic (exact) mass is 323 g/mol. The number of hydrogen-bond acceptors (Lipinski definition) is 5. The number of aromatic nitrogens is 2. The van der Waals surface area contributed by atoms with Crippen LogP contribution in [0, 0.1) is 4.77 Å². The van der Waals surface area contributed by atoms with Gasteiger partial charge in [0.2, 0.25) is 0 Å². The van der Waals surface area contributed by atoms with Gasteiger partial charge in [-0.05, 0) is 31.3 Å². The van der Waals surface area contributed by atoms with Crippen LogP contribution in [-0.2, 0) is 9.47 Å². The number of benzene rings is 1. The average molecular weight is 323 g/mol. The summed E-state index contributed by atoms with van der Waals surface area (Å²) in [5.74, 6) is 0. The van der Waals surface area contributed by atoms with Gasteiger partial charge < -0.3 is 19.4 Å². The number of likely N-dealkylation sites (N-methyl/N-ethyl adjacent to an activating group) is 1. The van der Waals surface area contributed by atoms with Crippen LogP contribution >= 0.6 is 12.2 Å².